The summed E-state index contributed by atoms with van der Waals surface area (Å²) < 4.78 is 15.1. The summed E-state index contributed by atoms with van der Waals surface area (Å²) in [7, 11) is 0. The first-order valence-corrected chi connectivity index (χ1v) is 6.61. The van der Waals surface area contributed by atoms with Gasteiger partial charge in [-0.25, -0.2) is 0 Å². The molecule has 0 radical (unpaired) electrons. The average Bonchev–Trinajstić information content (AvgIpc) is 3.30. The molecule has 2 atom stereocenters. The van der Waals surface area contributed by atoms with Crippen molar-refractivity contribution < 1.29 is 24.4 Å². The fraction of sp³-hybridized carbons (Fsp3) is 0.467. The minimum atomic E-state index is 0.251. The van der Waals surface area contributed by atoms with Gasteiger partial charge in [0.05, 0.1) is 32.7 Å². The number of aliphatic hydroxyl groups is 1. The maximum Gasteiger partial charge on any atom is 0.119 e. The molecule has 2 aliphatic heterocycles. The van der Waals surface area contributed by atoms with E-state index in [1.165, 1.54) is 6.08 Å². The molecule has 1 aromatic rings. The molecule has 5 nitrogen and oxygen atoms in total. The third-order valence-electron chi connectivity index (χ3n) is 3.01. The minimum Gasteiger partial charge on any atom is -0.516 e. The van der Waals surface area contributed by atoms with Crippen LogP contribution in [0.1, 0.15) is 11.1 Å². The Balaban J connectivity index is 0.000000149. The SMILES string of the molecule is C(OCC1CO1)C1CO1.Cc1c(O)cccc1C=CO. The van der Waals surface area contributed by atoms with Gasteiger partial charge in [0.1, 0.15) is 18.0 Å². The van der Waals surface area contributed by atoms with Gasteiger partial charge in [-0.3, -0.25) is 0 Å². The Morgan fingerprint density at radius 2 is 1.85 bits per heavy atom. The summed E-state index contributed by atoms with van der Waals surface area (Å²) in [6.45, 7) is 5.06. The first kappa shape index (κ1) is 14.8. The summed E-state index contributed by atoms with van der Waals surface area (Å²) in [4.78, 5) is 0. The van der Waals surface area contributed by atoms with Crippen molar-refractivity contribution in [2.75, 3.05) is 26.4 Å². The number of benzene rings is 1. The van der Waals surface area contributed by atoms with E-state index in [-0.39, 0.29) is 5.75 Å². The summed E-state index contributed by atoms with van der Waals surface area (Å²) >= 11 is 0. The number of phenols is 1. The molecule has 20 heavy (non-hydrogen) atoms. The van der Waals surface area contributed by atoms with E-state index >= 15 is 0 Å². The zero-order chi connectivity index (χ0) is 14.4. The monoisotopic (exact) mass is 280 g/mol. The van der Waals surface area contributed by atoms with Crippen molar-refractivity contribution in [3.63, 3.8) is 0 Å². The normalized spacial score (nSPS) is 23.2. The smallest absolute Gasteiger partial charge is 0.119 e. The van der Waals surface area contributed by atoms with Gasteiger partial charge in [0.25, 0.3) is 0 Å². The van der Waals surface area contributed by atoms with Crippen LogP contribution in [0.4, 0.5) is 0 Å². The molecule has 2 fully saturated rings. The third kappa shape index (κ3) is 5.21. The van der Waals surface area contributed by atoms with E-state index < -0.39 is 0 Å². The zero-order valence-electron chi connectivity index (χ0n) is 11.5. The summed E-state index contributed by atoms with van der Waals surface area (Å²) in [6.07, 6.45) is 3.28. The van der Waals surface area contributed by atoms with Gasteiger partial charge in [-0.15, -0.1) is 0 Å². The second-order valence-electron chi connectivity index (χ2n) is 4.76. The van der Waals surface area contributed by atoms with Crippen LogP contribution in [-0.2, 0) is 14.2 Å². The second-order valence-corrected chi connectivity index (χ2v) is 4.76. The fourth-order valence-corrected chi connectivity index (χ4v) is 1.56. The van der Waals surface area contributed by atoms with Gasteiger partial charge in [0.15, 0.2) is 0 Å². The number of aromatic hydroxyl groups is 1. The Labute approximate surface area is 118 Å². The van der Waals surface area contributed by atoms with E-state index in [2.05, 4.69) is 0 Å². The van der Waals surface area contributed by atoms with Crippen molar-refractivity contribution in [3.8, 4) is 5.75 Å². The summed E-state index contributed by atoms with van der Waals surface area (Å²) in [5.74, 6) is 0.251. The van der Waals surface area contributed by atoms with E-state index in [4.69, 9.17) is 19.3 Å². The van der Waals surface area contributed by atoms with Crippen LogP contribution in [0.25, 0.3) is 6.08 Å². The lowest BCUT2D eigenvalue weighted by atomic mass is 10.1. The van der Waals surface area contributed by atoms with E-state index in [0.29, 0.717) is 12.2 Å². The average molecular weight is 280 g/mol. The molecule has 3 rings (SSSR count). The molecule has 2 saturated heterocycles. The van der Waals surface area contributed by atoms with Crippen LogP contribution in [0, 0.1) is 6.92 Å². The number of aliphatic hydroxyl groups excluding tert-OH is 1. The molecule has 2 heterocycles. The summed E-state index contributed by atoms with van der Waals surface area (Å²) in [6, 6.07) is 5.17. The predicted octanol–water partition coefficient (Wildman–Crippen LogP) is 2.03. The number of phenolic OH excluding ortho intramolecular Hbond substituents is 1. The highest BCUT2D eigenvalue weighted by atomic mass is 16.6. The molecule has 2 N–H and O–H groups in total. The van der Waals surface area contributed by atoms with Gasteiger partial charge < -0.3 is 24.4 Å². The van der Waals surface area contributed by atoms with Crippen molar-refractivity contribution in [2.24, 2.45) is 0 Å². The van der Waals surface area contributed by atoms with Crippen LogP contribution < -0.4 is 0 Å². The minimum absolute atomic E-state index is 0.251. The van der Waals surface area contributed by atoms with Gasteiger partial charge in [-0.2, -0.15) is 0 Å². The molecule has 0 aliphatic carbocycles. The molecule has 0 spiro atoms. The van der Waals surface area contributed by atoms with Crippen molar-refractivity contribution in [2.45, 2.75) is 19.1 Å². The lowest BCUT2D eigenvalue weighted by Gasteiger charge is -2.00. The lowest BCUT2D eigenvalue weighted by molar-refractivity contribution is 0.102. The van der Waals surface area contributed by atoms with Crippen molar-refractivity contribution >= 4 is 6.08 Å². The number of hydrogen-bond acceptors (Lipinski definition) is 5. The standard InChI is InChI=1S/C9H10O2.C6H10O3/c1-7-8(5-6-10)3-2-4-9(7)11;1(5-3-8-5)7-2-6-4-9-6/h2-6,10-11H,1H3;5-6H,1-4H2. The van der Waals surface area contributed by atoms with Gasteiger partial charge in [-0.1, -0.05) is 12.1 Å². The van der Waals surface area contributed by atoms with E-state index in [1.807, 2.05) is 6.07 Å². The van der Waals surface area contributed by atoms with E-state index in [0.717, 1.165) is 43.8 Å². The number of epoxide rings is 2. The molecule has 1 aromatic carbocycles. The van der Waals surface area contributed by atoms with Gasteiger partial charge in [0.2, 0.25) is 0 Å². The molecule has 110 valence electrons. The van der Waals surface area contributed by atoms with Gasteiger partial charge in [-0.05, 0) is 30.2 Å². The summed E-state index contributed by atoms with van der Waals surface area (Å²) in [5.41, 5.74) is 1.60. The maximum absolute atomic E-state index is 9.21. The zero-order valence-corrected chi connectivity index (χ0v) is 11.5. The third-order valence-corrected chi connectivity index (χ3v) is 3.01. The Bertz CT molecular complexity index is 438. The Kier molecular flexibility index (Phi) is 5.40. The fourth-order valence-electron chi connectivity index (χ4n) is 1.56. The molecule has 0 amide bonds. The van der Waals surface area contributed by atoms with Crippen LogP contribution >= 0.6 is 0 Å². The highest BCUT2D eigenvalue weighted by molar-refractivity contribution is 5.56. The predicted molar refractivity (Wildman–Crippen MR) is 74.8 cm³/mol. The number of hydrogen-bond donors (Lipinski definition) is 2. The first-order valence-electron chi connectivity index (χ1n) is 6.61. The maximum atomic E-state index is 9.21. The highest BCUT2D eigenvalue weighted by Gasteiger charge is 2.26. The van der Waals surface area contributed by atoms with E-state index in [9.17, 15) is 5.11 Å². The molecular weight excluding hydrogens is 260 g/mol. The van der Waals surface area contributed by atoms with Gasteiger partial charge in [0, 0.05) is 0 Å². The lowest BCUT2D eigenvalue weighted by Crippen LogP contribution is -2.06. The molecule has 5 heteroatoms. The summed E-state index contributed by atoms with van der Waals surface area (Å²) in [5, 5.41) is 17.7. The molecule has 2 aliphatic rings. The van der Waals surface area contributed by atoms with Crippen molar-refractivity contribution in [1.29, 1.82) is 0 Å². The van der Waals surface area contributed by atoms with Crippen LogP contribution in [-0.4, -0.2) is 48.8 Å². The molecular formula is C15H20O5. The molecule has 0 aromatic heterocycles. The highest BCUT2D eigenvalue weighted by Crippen LogP contribution is 2.20. The van der Waals surface area contributed by atoms with Gasteiger partial charge >= 0.3 is 0 Å². The molecule has 0 bridgehead atoms. The Morgan fingerprint density at radius 3 is 2.35 bits per heavy atom. The second kappa shape index (κ2) is 7.28. The Morgan fingerprint density at radius 1 is 1.25 bits per heavy atom. The molecule has 2 unspecified atom stereocenters. The number of ether oxygens (including phenoxy) is 3. The first-order chi connectivity index (χ1) is 9.70. The van der Waals surface area contributed by atoms with E-state index in [1.54, 1.807) is 19.1 Å². The quantitative estimate of drug-likeness (QED) is 0.637. The van der Waals surface area contributed by atoms with Crippen LogP contribution in [0.5, 0.6) is 5.75 Å². The topological polar surface area (TPSA) is 74.8 Å². The van der Waals surface area contributed by atoms with Crippen molar-refractivity contribution in [1.82, 2.24) is 0 Å². The van der Waals surface area contributed by atoms with Crippen LogP contribution in [0.3, 0.4) is 0 Å². The Hall–Kier alpha value is -1.56. The largest absolute Gasteiger partial charge is 0.516 e. The van der Waals surface area contributed by atoms with Crippen molar-refractivity contribution in [3.05, 3.63) is 35.6 Å². The molecule has 0 saturated carbocycles. The van der Waals surface area contributed by atoms with Crippen LogP contribution in [0.2, 0.25) is 0 Å². The van der Waals surface area contributed by atoms with Crippen LogP contribution in [0.15, 0.2) is 24.5 Å². The number of rotatable bonds is 5.